The molecule has 10 heavy (non-hydrogen) atoms. The molecule has 0 bridgehead atoms. The Labute approximate surface area is 60.5 Å². The lowest BCUT2D eigenvalue weighted by Gasteiger charge is -2.00. The summed E-state index contributed by atoms with van der Waals surface area (Å²) in [6, 6.07) is 6.08. The van der Waals surface area contributed by atoms with Crippen LogP contribution in [0.1, 0.15) is 25.0 Å². The van der Waals surface area contributed by atoms with Crippen molar-refractivity contribution in [2.75, 3.05) is 0 Å². The van der Waals surface area contributed by atoms with Crippen LogP contribution >= 0.6 is 0 Å². The van der Waals surface area contributed by atoms with Crippen molar-refractivity contribution >= 4 is 0 Å². The topological polar surface area (TPSA) is 39.6 Å². The zero-order chi connectivity index (χ0) is 7.40. The van der Waals surface area contributed by atoms with Crippen molar-refractivity contribution in [3.05, 3.63) is 24.0 Å². The molecule has 0 aliphatic carbocycles. The van der Waals surface area contributed by atoms with Crippen LogP contribution < -0.4 is 0 Å². The van der Waals surface area contributed by atoms with Gasteiger partial charge in [0, 0.05) is 11.9 Å². The summed E-state index contributed by atoms with van der Waals surface area (Å²) in [5, 5.41) is 8.63. The Morgan fingerprint density at radius 2 is 2.60 bits per heavy atom. The number of nitrogens with one attached hydrogen (secondary N) is 1. The molecule has 0 aliphatic heterocycles. The molecule has 1 aromatic heterocycles. The monoisotopic (exact) mass is 134 g/mol. The van der Waals surface area contributed by atoms with Crippen molar-refractivity contribution in [2.45, 2.75) is 19.3 Å². The third kappa shape index (κ3) is 1.19. The fourth-order valence-electron chi connectivity index (χ4n) is 0.942. The smallest absolute Gasteiger partial charge is 0.0860 e. The summed E-state index contributed by atoms with van der Waals surface area (Å²) < 4.78 is 0. The molecular formula is C8H10N2. The van der Waals surface area contributed by atoms with Gasteiger partial charge in [-0.15, -0.1) is 0 Å². The first-order chi connectivity index (χ1) is 4.88. The number of hydrogen-bond donors (Lipinski definition) is 1. The largest absolute Gasteiger partial charge is 0.364 e. The van der Waals surface area contributed by atoms with Gasteiger partial charge in [0.2, 0.25) is 0 Å². The van der Waals surface area contributed by atoms with Crippen LogP contribution in [0.15, 0.2) is 18.3 Å². The fraction of sp³-hybridized carbons (Fsp3) is 0.375. The number of H-pyrrole nitrogens is 1. The first kappa shape index (κ1) is 6.88. The highest BCUT2D eigenvalue weighted by atomic mass is 14.7. The van der Waals surface area contributed by atoms with E-state index in [1.165, 1.54) is 0 Å². The van der Waals surface area contributed by atoms with Crippen LogP contribution in [0.2, 0.25) is 0 Å². The molecule has 1 aromatic rings. The third-order valence-corrected chi connectivity index (χ3v) is 1.56. The Balaban J connectivity index is 2.76. The van der Waals surface area contributed by atoms with Gasteiger partial charge in [-0.1, -0.05) is 6.92 Å². The maximum Gasteiger partial charge on any atom is 0.0860 e. The molecule has 0 saturated carbocycles. The van der Waals surface area contributed by atoms with E-state index in [1.807, 2.05) is 25.3 Å². The standard InChI is InChI=1S/C8H10N2/c1-2-7(6-9)8-4-3-5-10-8/h3-5,7,10H,2H2,1H3. The average molecular weight is 134 g/mol. The molecule has 0 aromatic carbocycles. The quantitative estimate of drug-likeness (QED) is 0.660. The molecule has 1 atom stereocenters. The van der Waals surface area contributed by atoms with Crippen LogP contribution in [0.25, 0.3) is 0 Å². The van der Waals surface area contributed by atoms with Crippen molar-refractivity contribution in [1.29, 1.82) is 5.26 Å². The molecule has 0 fully saturated rings. The van der Waals surface area contributed by atoms with Crippen LogP contribution in [-0.4, -0.2) is 4.98 Å². The predicted molar refractivity (Wildman–Crippen MR) is 39.4 cm³/mol. The van der Waals surface area contributed by atoms with E-state index in [9.17, 15) is 0 Å². The number of hydrogen-bond acceptors (Lipinski definition) is 1. The summed E-state index contributed by atoms with van der Waals surface area (Å²) in [5.74, 6) is 0.0370. The zero-order valence-electron chi connectivity index (χ0n) is 5.96. The second-order valence-electron chi connectivity index (χ2n) is 2.22. The van der Waals surface area contributed by atoms with Crippen molar-refractivity contribution < 1.29 is 0 Å². The van der Waals surface area contributed by atoms with Gasteiger partial charge in [-0.2, -0.15) is 5.26 Å². The summed E-state index contributed by atoms with van der Waals surface area (Å²) in [4.78, 5) is 3.02. The average Bonchev–Trinajstić information content (AvgIpc) is 2.43. The Morgan fingerprint density at radius 1 is 1.80 bits per heavy atom. The molecule has 1 rings (SSSR count). The second-order valence-corrected chi connectivity index (χ2v) is 2.22. The Hall–Kier alpha value is -1.23. The SMILES string of the molecule is CCC(C#N)c1ccc[nH]1. The number of nitriles is 1. The lowest BCUT2D eigenvalue weighted by Crippen LogP contribution is -1.92. The van der Waals surface area contributed by atoms with Crippen molar-refractivity contribution in [1.82, 2.24) is 4.98 Å². The van der Waals surface area contributed by atoms with Gasteiger partial charge in [-0.25, -0.2) is 0 Å². The highest BCUT2D eigenvalue weighted by molar-refractivity contribution is 5.16. The van der Waals surface area contributed by atoms with E-state index in [4.69, 9.17) is 5.26 Å². The maximum absolute atomic E-state index is 8.63. The molecule has 0 saturated heterocycles. The van der Waals surface area contributed by atoms with Crippen molar-refractivity contribution in [2.24, 2.45) is 0 Å². The summed E-state index contributed by atoms with van der Waals surface area (Å²) in [7, 11) is 0. The van der Waals surface area contributed by atoms with Crippen LogP contribution in [-0.2, 0) is 0 Å². The van der Waals surface area contributed by atoms with Gasteiger partial charge in [0.1, 0.15) is 0 Å². The first-order valence-electron chi connectivity index (χ1n) is 3.41. The maximum atomic E-state index is 8.63. The summed E-state index contributed by atoms with van der Waals surface area (Å²) in [6.45, 7) is 2.01. The molecule has 52 valence electrons. The highest BCUT2D eigenvalue weighted by Gasteiger charge is 2.06. The molecule has 2 heteroatoms. The van der Waals surface area contributed by atoms with E-state index in [2.05, 4.69) is 11.1 Å². The van der Waals surface area contributed by atoms with Crippen LogP contribution in [0.4, 0.5) is 0 Å². The molecular weight excluding hydrogens is 124 g/mol. The predicted octanol–water partition coefficient (Wildman–Crippen LogP) is 2.03. The second kappa shape index (κ2) is 3.07. The van der Waals surface area contributed by atoms with E-state index in [0.29, 0.717) is 0 Å². The van der Waals surface area contributed by atoms with Gasteiger partial charge in [0.15, 0.2) is 0 Å². The summed E-state index contributed by atoms with van der Waals surface area (Å²) >= 11 is 0. The normalized spacial score (nSPS) is 12.4. The van der Waals surface area contributed by atoms with Gasteiger partial charge in [0.25, 0.3) is 0 Å². The van der Waals surface area contributed by atoms with E-state index < -0.39 is 0 Å². The van der Waals surface area contributed by atoms with Crippen LogP contribution in [0.3, 0.4) is 0 Å². The minimum Gasteiger partial charge on any atom is -0.364 e. The van der Waals surface area contributed by atoms with E-state index in [-0.39, 0.29) is 5.92 Å². The number of rotatable bonds is 2. The highest BCUT2D eigenvalue weighted by Crippen LogP contribution is 2.14. The molecule has 1 heterocycles. The van der Waals surface area contributed by atoms with E-state index in [1.54, 1.807) is 0 Å². The van der Waals surface area contributed by atoms with Crippen molar-refractivity contribution in [3.63, 3.8) is 0 Å². The number of aromatic nitrogens is 1. The van der Waals surface area contributed by atoms with Crippen LogP contribution in [0, 0.1) is 11.3 Å². The summed E-state index contributed by atoms with van der Waals surface area (Å²) in [5.41, 5.74) is 1.02. The molecule has 1 unspecified atom stereocenters. The van der Waals surface area contributed by atoms with Gasteiger partial charge in [-0.05, 0) is 18.6 Å². The van der Waals surface area contributed by atoms with Crippen LogP contribution in [0.5, 0.6) is 0 Å². The van der Waals surface area contributed by atoms with Gasteiger partial charge >= 0.3 is 0 Å². The minimum atomic E-state index is 0.0370. The number of nitrogens with zero attached hydrogens (tertiary/aromatic N) is 1. The Bertz CT molecular complexity index is 218. The third-order valence-electron chi connectivity index (χ3n) is 1.56. The van der Waals surface area contributed by atoms with E-state index >= 15 is 0 Å². The Kier molecular flexibility index (Phi) is 2.11. The lowest BCUT2D eigenvalue weighted by atomic mass is 10.1. The molecule has 0 spiro atoms. The van der Waals surface area contributed by atoms with Gasteiger partial charge in [0.05, 0.1) is 12.0 Å². The first-order valence-corrected chi connectivity index (χ1v) is 3.41. The molecule has 0 amide bonds. The van der Waals surface area contributed by atoms with Gasteiger partial charge < -0.3 is 4.98 Å². The molecule has 0 radical (unpaired) electrons. The lowest BCUT2D eigenvalue weighted by molar-refractivity contribution is 0.794. The molecule has 2 nitrogen and oxygen atoms in total. The van der Waals surface area contributed by atoms with Gasteiger partial charge in [-0.3, -0.25) is 0 Å². The summed E-state index contributed by atoms with van der Waals surface area (Å²) in [6.07, 6.45) is 2.71. The molecule has 0 aliphatic rings. The zero-order valence-corrected chi connectivity index (χ0v) is 5.96. The molecule has 1 N–H and O–H groups in total. The minimum absolute atomic E-state index is 0.0370. The number of aromatic amines is 1. The van der Waals surface area contributed by atoms with Crippen molar-refractivity contribution in [3.8, 4) is 6.07 Å². The van der Waals surface area contributed by atoms with E-state index in [0.717, 1.165) is 12.1 Å². The fourth-order valence-corrected chi connectivity index (χ4v) is 0.942. The Morgan fingerprint density at radius 3 is 3.00 bits per heavy atom.